The number of aromatic nitrogens is 1. The Morgan fingerprint density at radius 2 is 0.411 bits per heavy atom. The summed E-state index contributed by atoms with van der Waals surface area (Å²) in [4.78, 5) is 3.02. The lowest BCUT2D eigenvalue weighted by atomic mass is 9.88. The summed E-state index contributed by atoms with van der Waals surface area (Å²) >= 11 is 0. The van der Waals surface area contributed by atoms with Crippen molar-refractivity contribution in [3.05, 3.63) is 30.1 Å². The normalized spacial score (nSPS) is 16.4. The summed E-state index contributed by atoms with van der Waals surface area (Å²) in [6, 6.07) is 2.35. The minimum atomic E-state index is -9.29. The Bertz CT molecular complexity index is 2580. The van der Waals surface area contributed by atoms with E-state index in [9.17, 15) is 224 Å². The van der Waals surface area contributed by atoms with E-state index in [1.54, 1.807) is 0 Å². The Kier molecular flexibility index (Phi) is 23.8. The molecule has 0 bridgehead atoms. The molecule has 0 saturated heterocycles. The molecule has 0 spiro atoms. The molecule has 0 N–H and O–H groups in total. The molecular formula is C41H28F51N3. The van der Waals surface area contributed by atoms with Gasteiger partial charge >= 0.3 is 143 Å². The first kappa shape index (κ1) is 88.5. The summed E-state index contributed by atoms with van der Waals surface area (Å²) in [6.45, 7) is -11.4. The predicted octanol–water partition coefficient (Wildman–Crippen LogP) is 19.6. The van der Waals surface area contributed by atoms with Gasteiger partial charge < -0.3 is 4.90 Å². The molecule has 95 heavy (non-hydrogen) atoms. The zero-order valence-corrected chi connectivity index (χ0v) is 43.9. The van der Waals surface area contributed by atoms with E-state index in [4.69, 9.17) is 0 Å². The van der Waals surface area contributed by atoms with E-state index >= 15 is 0 Å². The lowest BCUT2D eigenvalue weighted by molar-refractivity contribution is -0.461. The van der Waals surface area contributed by atoms with Crippen LogP contribution in [0.2, 0.25) is 0 Å². The van der Waals surface area contributed by atoms with Crippen LogP contribution in [0.4, 0.5) is 224 Å². The van der Waals surface area contributed by atoms with Crippen LogP contribution in [0.15, 0.2) is 24.4 Å². The quantitative estimate of drug-likeness (QED) is 0.0632. The van der Waals surface area contributed by atoms with Crippen LogP contribution >= 0.6 is 0 Å². The number of hydrogen-bond acceptors (Lipinski definition) is 3. The van der Waals surface area contributed by atoms with Gasteiger partial charge in [-0.2, -0.15) is 224 Å². The highest BCUT2D eigenvalue weighted by atomic mass is 19.5. The molecule has 0 aliphatic heterocycles. The van der Waals surface area contributed by atoms with Crippen LogP contribution in [0, 0.1) is 0 Å². The van der Waals surface area contributed by atoms with Gasteiger partial charge in [-0.1, -0.05) is 6.07 Å². The van der Waals surface area contributed by atoms with E-state index in [-0.39, 0.29) is 4.90 Å². The van der Waals surface area contributed by atoms with Crippen molar-refractivity contribution in [1.29, 1.82) is 0 Å². The molecule has 0 fully saturated rings. The minimum absolute atomic E-state index is 0.0531. The number of pyridine rings is 1. The van der Waals surface area contributed by atoms with Gasteiger partial charge in [0.15, 0.2) is 0 Å². The Morgan fingerprint density at radius 1 is 0.221 bits per heavy atom. The molecule has 0 radical (unpaired) electrons. The Morgan fingerprint density at radius 3 is 0.611 bits per heavy atom. The fraction of sp³-hybridized carbons (Fsp3) is 0.878. The van der Waals surface area contributed by atoms with Crippen molar-refractivity contribution in [2.75, 3.05) is 32.7 Å². The van der Waals surface area contributed by atoms with Crippen LogP contribution in [0.25, 0.3) is 0 Å². The lowest BCUT2D eigenvalue weighted by Crippen LogP contribution is -2.74. The Balaban J connectivity index is 4.04. The van der Waals surface area contributed by atoms with Crippen LogP contribution in [0.5, 0.6) is 0 Å². The zero-order chi connectivity index (χ0) is 76.8. The van der Waals surface area contributed by atoms with Crippen molar-refractivity contribution < 1.29 is 224 Å². The average molecular weight is 1530 g/mol. The van der Waals surface area contributed by atoms with Crippen molar-refractivity contribution in [2.24, 2.45) is 0 Å². The zero-order valence-electron chi connectivity index (χ0n) is 43.9. The van der Waals surface area contributed by atoms with Gasteiger partial charge in [-0.15, -0.1) is 0 Å². The van der Waals surface area contributed by atoms with Gasteiger partial charge in [0.1, 0.15) is 0 Å². The van der Waals surface area contributed by atoms with Gasteiger partial charge in [-0.25, -0.2) is 0 Å². The smallest absolute Gasteiger partial charge is 0.302 e. The summed E-state index contributed by atoms with van der Waals surface area (Å²) in [5.74, 6) is -184. The van der Waals surface area contributed by atoms with Crippen molar-refractivity contribution >= 4 is 0 Å². The number of halogens is 51. The molecular weight excluding hydrogens is 1500 g/mol. The van der Waals surface area contributed by atoms with E-state index < -0.39 is 231 Å². The van der Waals surface area contributed by atoms with Crippen molar-refractivity contribution in [2.45, 2.75) is 188 Å². The highest BCUT2D eigenvalue weighted by molar-refractivity contribution is 5.18. The molecule has 0 aliphatic carbocycles. The van der Waals surface area contributed by atoms with Gasteiger partial charge in [0.05, 0.1) is 5.69 Å². The van der Waals surface area contributed by atoms with E-state index in [1.807, 2.05) is 0 Å². The third-order valence-corrected chi connectivity index (χ3v) is 13.1. The summed E-state index contributed by atoms with van der Waals surface area (Å²) in [6.07, 6.45) is -42.2. The molecule has 1 heterocycles. The lowest BCUT2D eigenvalue weighted by Gasteiger charge is -2.43. The van der Waals surface area contributed by atoms with E-state index in [1.165, 1.54) is 0 Å². The summed E-state index contributed by atoms with van der Waals surface area (Å²) < 4.78 is 705. The van der Waals surface area contributed by atoms with Gasteiger partial charge in [0.25, 0.3) is 0 Å². The fourth-order valence-electron chi connectivity index (χ4n) is 7.24. The monoisotopic (exact) mass is 1530 g/mol. The molecule has 1 aromatic heterocycles. The second kappa shape index (κ2) is 25.6. The van der Waals surface area contributed by atoms with E-state index in [0.717, 1.165) is 12.1 Å². The summed E-state index contributed by atoms with van der Waals surface area (Å²) in [5, 5.41) is 0. The highest BCUT2D eigenvalue weighted by Crippen LogP contribution is 2.68. The molecule has 0 unspecified atom stereocenters. The molecule has 0 aromatic carbocycles. The van der Waals surface area contributed by atoms with Crippen LogP contribution in [0.1, 0.15) is 44.2 Å². The Hall–Kier alpha value is -4.50. The maximum absolute atomic E-state index is 14.8. The maximum atomic E-state index is 14.8. The third-order valence-electron chi connectivity index (χ3n) is 13.1. The molecule has 54 heteroatoms. The topological polar surface area (TPSA) is 19.4 Å². The fourth-order valence-corrected chi connectivity index (χ4v) is 7.24. The van der Waals surface area contributed by atoms with Crippen LogP contribution in [-0.2, 0) is 6.54 Å². The second-order valence-electron chi connectivity index (χ2n) is 19.7. The van der Waals surface area contributed by atoms with E-state index in [0.29, 0.717) is 12.3 Å². The van der Waals surface area contributed by atoms with Gasteiger partial charge in [-0.3, -0.25) is 9.88 Å². The van der Waals surface area contributed by atoms with Gasteiger partial charge in [-0.05, 0) is 51.0 Å². The maximum Gasteiger partial charge on any atom is 0.460 e. The van der Waals surface area contributed by atoms with Crippen LogP contribution in [-0.4, -0.2) is 190 Å². The molecule has 564 valence electrons. The Labute approximate surface area is 490 Å². The first-order valence-electron chi connectivity index (χ1n) is 23.5. The molecule has 0 amide bonds. The average Bonchev–Trinajstić information content (AvgIpc) is 0.709. The molecule has 0 aliphatic rings. The van der Waals surface area contributed by atoms with Crippen LogP contribution in [0.3, 0.4) is 0 Å². The number of nitrogens with zero attached hydrogens (tertiary/aromatic N) is 3. The van der Waals surface area contributed by atoms with Crippen molar-refractivity contribution in [1.82, 2.24) is 14.8 Å². The first-order chi connectivity index (χ1) is 41.0. The second-order valence-corrected chi connectivity index (χ2v) is 19.7. The molecule has 1 rings (SSSR count). The molecule has 0 saturated carbocycles. The number of alkyl halides is 51. The summed E-state index contributed by atoms with van der Waals surface area (Å²) in [5.41, 5.74) is -0.698. The van der Waals surface area contributed by atoms with Gasteiger partial charge in [0.2, 0.25) is 0 Å². The largest absolute Gasteiger partial charge is 0.460 e. The number of rotatable bonds is 35. The SMILES string of the molecule is FC(F)(F)C(F)(F)C(F)(F)C(F)(F)C(F)(F)C(F)(F)C(F)(F)C(F)(F)CCCN(CCCC(F)(F)C(F)(F)C(F)(F)C(F)(F)C(F)(F)C(F)(F)C(F)(F)C(F)(F)F)CCN(CCCC(F)(F)C(F)(F)C(F)(F)C(F)(F)C(F)(F)C(F)(F)C(F)(F)C(F)(F)F)Cc1ccccn1. The minimum Gasteiger partial charge on any atom is -0.302 e. The first-order valence-corrected chi connectivity index (χ1v) is 23.5. The molecule has 1 aromatic rings. The highest BCUT2D eigenvalue weighted by Gasteiger charge is 2.98. The standard InChI is InChI=1S/C41H28F51N3/c42-18(43,21(48,49)24(54,55)27(60,61)30(66,67)33(72,73)36(78,79)39(84,85)86)7-3-11-94(12-4-8-19(44,45)22(50,51)25(56,57)28(62,63)31(68,69)34(74,75)37(80,81)40(87,88)89)14-15-95(16-17-6-1-2-10-93-17)13-5-9-20(46,47)23(52,53)26(58,59)29(64,65)32(70,71)35(76,77)38(82,83)41(90,91)92/h1-2,6,10H,3-5,7-9,11-16H2. The van der Waals surface area contributed by atoms with Crippen molar-refractivity contribution in [3.8, 4) is 0 Å². The number of hydrogen-bond donors (Lipinski definition) is 0. The predicted molar refractivity (Wildman–Crippen MR) is 206 cm³/mol. The van der Waals surface area contributed by atoms with Crippen LogP contribution < -0.4 is 0 Å². The third kappa shape index (κ3) is 13.8. The van der Waals surface area contributed by atoms with E-state index in [2.05, 4.69) is 4.98 Å². The summed E-state index contributed by atoms with van der Waals surface area (Å²) in [7, 11) is 0. The molecule has 0 atom stereocenters. The van der Waals surface area contributed by atoms with Crippen molar-refractivity contribution in [3.63, 3.8) is 0 Å². The van der Waals surface area contributed by atoms with Gasteiger partial charge in [0, 0.05) is 45.1 Å². The molecule has 3 nitrogen and oxygen atoms in total.